The maximum Gasteiger partial charge on any atom is 0.261 e. The van der Waals surface area contributed by atoms with Gasteiger partial charge in [-0.25, -0.2) is 0 Å². The number of carbonyl (C=O) groups excluding carboxylic acids is 2. The van der Waals surface area contributed by atoms with E-state index in [0.29, 0.717) is 25.1 Å². The number of ether oxygens (including phenoxy) is 2. The highest BCUT2D eigenvalue weighted by Gasteiger charge is 2.29. The minimum atomic E-state index is -0.537. The van der Waals surface area contributed by atoms with Crippen molar-refractivity contribution in [2.45, 2.75) is 52.1 Å². The van der Waals surface area contributed by atoms with Crippen molar-refractivity contribution in [1.82, 2.24) is 10.2 Å². The van der Waals surface area contributed by atoms with Crippen LogP contribution in [0.4, 0.5) is 0 Å². The average Bonchev–Trinajstić information content (AvgIpc) is 2.80. The first-order valence-electron chi connectivity index (χ1n) is 10.9. The van der Waals surface area contributed by atoms with Gasteiger partial charge in [0, 0.05) is 12.6 Å². The lowest BCUT2D eigenvalue weighted by Crippen LogP contribution is -2.52. The quantitative estimate of drug-likeness (QED) is 0.560. The summed E-state index contributed by atoms with van der Waals surface area (Å²) in [4.78, 5) is 27.7. The molecule has 0 aromatic heterocycles. The lowest BCUT2D eigenvalue weighted by atomic mass is 10.1. The van der Waals surface area contributed by atoms with Crippen LogP contribution in [0.25, 0.3) is 0 Å². The number of carbonyl (C=O) groups is 2. The van der Waals surface area contributed by atoms with E-state index in [1.807, 2.05) is 51.1 Å². The number of benzene rings is 2. The number of methoxy groups -OCH3 is 1. The Labute approximate surface area is 185 Å². The molecular weight excluding hydrogens is 392 g/mol. The second-order valence-corrected chi connectivity index (χ2v) is 7.53. The monoisotopic (exact) mass is 426 g/mol. The van der Waals surface area contributed by atoms with Crippen molar-refractivity contribution >= 4 is 11.8 Å². The molecule has 31 heavy (non-hydrogen) atoms. The van der Waals surface area contributed by atoms with E-state index in [2.05, 4.69) is 5.32 Å². The Kier molecular flexibility index (Phi) is 9.88. The Morgan fingerprint density at radius 2 is 1.61 bits per heavy atom. The molecule has 6 heteroatoms. The van der Waals surface area contributed by atoms with Crippen LogP contribution in [0.3, 0.4) is 0 Å². The van der Waals surface area contributed by atoms with Gasteiger partial charge in [-0.1, -0.05) is 44.2 Å². The third-order valence-corrected chi connectivity index (χ3v) is 5.29. The molecule has 2 rings (SSSR count). The maximum absolute atomic E-state index is 13.1. The third kappa shape index (κ3) is 7.63. The smallest absolute Gasteiger partial charge is 0.261 e. The maximum atomic E-state index is 13.1. The van der Waals surface area contributed by atoms with Crippen LogP contribution in [0.5, 0.6) is 11.5 Å². The summed E-state index contributed by atoms with van der Waals surface area (Å²) in [7, 11) is 1.60. The lowest BCUT2D eigenvalue weighted by Gasteiger charge is -2.31. The van der Waals surface area contributed by atoms with E-state index in [9.17, 15) is 9.59 Å². The summed E-state index contributed by atoms with van der Waals surface area (Å²) in [6, 6.07) is 16.6. The van der Waals surface area contributed by atoms with E-state index >= 15 is 0 Å². The van der Waals surface area contributed by atoms with Gasteiger partial charge in [0.2, 0.25) is 5.91 Å². The van der Waals surface area contributed by atoms with Crippen LogP contribution in [0, 0.1) is 0 Å². The van der Waals surface area contributed by atoms with Crippen molar-refractivity contribution < 1.29 is 19.1 Å². The predicted octanol–water partition coefficient (Wildman–Crippen LogP) is 3.84. The Balaban J connectivity index is 2.11. The molecule has 0 bridgehead atoms. The fourth-order valence-corrected chi connectivity index (χ4v) is 3.24. The summed E-state index contributed by atoms with van der Waals surface area (Å²) in [5.41, 5.74) is 1.12. The van der Waals surface area contributed by atoms with E-state index in [-0.39, 0.29) is 24.5 Å². The first kappa shape index (κ1) is 24.3. The minimum Gasteiger partial charge on any atom is -0.497 e. The van der Waals surface area contributed by atoms with Crippen LogP contribution in [-0.4, -0.2) is 49.1 Å². The molecule has 168 valence electrons. The van der Waals surface area contributed by atoms with Crippen molar-refractivity contribution in [2.75, 3.05) is 20.3 Å². The number of hydrogen-bond acceptors (Lipinski definition) is 4. The summed E-state index contributed by atoms with van der Waals surface area (Å²) in [6.07, 6.45) is 2.04. The van der Waals surface area contributed by atoms with E-state index in [1.165, 1.54) is 0 Å². The SMILES string of the molecule is CC[C@H](C(=O)N[C@@H](C)CC)N(CCc1ccccc1)C(=O)COc1ccc(OC)cc1. The third-order valence-electron chi connectivity index (χ3n) is 5.29. The molecule has 0 heterocycles. The number of nitrogens with one attached hydrogen (secondary N) is 1. The molecule has 2 amide bonds. The molecule has 0 unspecified atom stereocenters. The van der Waals surface area contributed by atoms with Gasteiger partial charge < -0.3 is 19.7 Å². The van der Waals surface area contributed by atoms with Gasteiger partial charge in [-0.15, -0.1) is 0 Å². The fourth-order valence-electron chi connectivity index (χ4n) is 3.24. The molecule has 1 N–H and O–H groups in total. The van der Waals surface area contributed by atoms with Gasteiger partial charge in [0.25, 0.3) is 5.91 Å². The van der Waals surface area contributed by atoms with Crippen molar-refractivity contribution in [3.63, 3.8) is 0 Å². The lowest BCUT2D eigenvalue weighted by molar-refractivity contribution is -0.142. The van der Waals surface area contributed by atoms with Gasteiger partial charge >= 0.3 is 0 Å². The minimum absolute atomic E-state index is 0.0585. The average molecular weight is 427 g/mol. The first-order valence-corrected chi connectivity index (χ1v) is 10.9. The van der Waals surface area contributed by atoms with E-state index in [0.717, 1.165) is 17.7 Å². The van der Waals surface area contributed by atoms with Gasteiger partial charge in [-0.3, -0.25) is 9.59 Å². The van der Waals surface area contributed by atoms with Crippen molar-refractivity contribution in [2.24, 2.45) is 0 Å². The molecule has 2 aromatic carbocycles. The molecule has 2 atom stereocenters. The molecule has 0 fully saturated rings. The van der Waals surface area contributed by atoms with Gasteiger partial charge in [0.15, 0.2) is 6.61 Å². The van der Waals surface area contributed by atoms with Crippen LogP contribution in [-0.2, 0) is 16.0 Å². The summed E-state index contributed by atoms with van der Waals surface area (Å²) in [6.45, 7) is 6.23. The van der Waals surface area contributed by atoms with E-state index in [4.69, 9.17) is 9.47 Å². The molecule has 0 aliphatic heterocycles. The molecule has 0 saturated heterocycles. The van der Waals surface area contributed by atoms with Crippen molar-refractivity contribution in [3.8, 4) is 11.5 Å². The van der Waals surface area contributed by atoms with Gasteiger partial charge in [-0.05, 0) is 56.0 Å². The highest BCUT2D eigenvalue weighted by molar-refractivity contribution is 5.88. The summed E-state index contributed by atoms with van der Waals surface area (Å²) in [5.74, 6) is 0.964. The molecule has 0 radical (unpaired) electrons. The van der Waals surface area contributed by atoms with Gasteiger partial charge in [0.1, 0.15) is 17.5 Å². The highest BCUT2D eigenvalue weighted by atomic mass is 16.5. The van der Waals surface area contributed by atoms with Crippen LogP contribution in [0.2, 0.25) is 0 Å². The topological polar surface area (TPSA) is 67.9 Å². The van der Waals surface area contributed by atoms with Gasteiger partial charge in [-0.2, -0.15) is 0 Å². The van der Waals surface area contributed by atoms with Crippen LogP contribution in [0.1, 0.15) is 39.2 Å². The predicted molar refractivity (Wildman–Crippen MR) is 122 cm³/mol. The normalized spacial score (nSPS) is 12.5. The molecule has 0 spiro atoms. The zero-order valence-corrected chi connectivity index (χ0v) is 19.0. The van der Waals surface area contributed by atoms with Crippen LogP contribution < -0.4 is 14.8 Å². The van der Waals surface area contributed by atoms with E-state index in [1.54, 1.807) is 36.3 Å². The largest absolute Gasteiger partial charge is 0.497 e. The van der Waals surface area contributed by atoms with Crippen molar-refractivity contribution in [1.29, 1.82) is 0 Å². The Bertz CT molecular complexity index is 808. The van der Waals surface area contributed by atoms with Crippen molar-refractivity contribution in [3.05, 3.63) is 60.2 Å². The van der Waals surface area contributed by atoms with Gasteiger partial charge in [0.05, 0.1) is 7.11 Å². The van der Waals surface area contributed by atoms with Crippen LogP contribution in [0.15, 0.2) is 54.6 Å². The zero-order chi connectivity index (χ0) is 22.6. The zero-order valence-electron chi connectivity index (χ0n) is 19.0. The van der Waals surface area contributed by atoms with Crippen LogP contribution >= 0.6 is 0 Å². The number of rotatable bonds is 12. The summed E-state index contributed by atoms with van der Waals surface area (Å²) < 4.78 is 10.8. The summed E-state index contributed by atoms with van der Waals surface area (Å²) >= 11 is 0. The second kappa shape index (κ2) is 12.6. The molecule has 0 aliphatic carbocycles. The number of nitrogens with zero attached hydrogens (tertiary/aromatic N) is 1. The number of hydrogen-bond donors (Lipinski definition) is 1. The standard InChI is InChI=1S/C25H34N2O4/c1-5-19(3)26-25(29)23(6-2)27(17-16-20-10-8-7-9-11-20)24(28)18-31-22-14-12-21(30-4)13-15-22/h7-15,19,23H,5-6,16-18H2,1-4H3,(H,26,29)/t19-,23+/m0/s1. The first-order chi connectivity index (χ1) is 15.0. The molecule has 0 saturated carbocycles. The molecule has 6 nitrogen and oxygen atoms in total. The summed E-state index contributed by atoms with van der Waals surface area (Å²) in [5, 5.41) is 3.01. The molecule has 2 aromatic rings. The number of amides is 2. The van der Waals surface area contributed by atoms with E-state index < -0.39 is 6.04 Å². The Morgan fingerprint density at radius 1 is 0.968 bits per heavy atom. The second-order valence-electron chi connectivity index (χ2n) is 7.53. The highest BCUT2D eigenvalue weighted by Crippen LogP contribution is 2.17. The fraction of sp³-hybridized carbons (Fsp3) is 0.440. The Hall–Kier alpha value is -3.02. The molecular formula is C25H34N2O4. The molecule has 0 aliphatic rings. The Morgan fingerprint density at radius 3 is 2.19 bits per heavy atom.